The van der Waals surface area contributed by atoms with Gasteiger partial charge in [-0.2, -0.15) is 0 Å². The van der Waals surface area contributed by atoms with Gasteiger partial charge in [0.25, 0.3) is 0 Å². The van der Waals surface area contributed by atoms with E-state index in [2.05, 4.69) is 28.1 Å². The lowest BCUT2D eigenvalue weighted by Crippen LogP contribution is -2.41. The highest BCUT2D eigenvalue weighted by Gasteiger charge is 2.21. The van der Waals surface area contributed by atoms with Gasteiger partial charge in [0.05, 0.1) is 6.54 Å². The lowest BCUT2D eigenvalue weighted by Gasteiger charge is -2.17. The minimum atomic E-state index is -0.479. The average molecular weight is 326 g/mol. The van der Waals surface area contributed by atoms with Crippen molar-refractivity contribution < 1.29 is 9.59 Å². The molecule has 1 aromatic rings. The molecule has 0 saturated heterocycles. The topological polar surface area (TPSA) is 70.2 Å². The van der Waals surface area contributed by atoms with Crippen molar-refractivity contribution in [2.24, 2.45) is 5.41 Å². The van der Waals surface area contributed by atoms with Crippen molar-refractivity contribution in [2.45, 2.75) is 40.4 Å². The van der Waals surface area contributed by atoms with Gasteiger partial charge in [-0.1, -0.05) is 39.0 Å². The molecule has 2 rings (SSSR count). The molecule has 0 aromatic heterocycles. The number of rotatable bonds is 4. The summed E-state index contributed by atoms with van der Waals surface area (Å²) in [7, 11) is 0. The molecule has 122 valence electrons. The highest BCUT2D eigenvalue weighted by molar-refractivity contribution is 5.87. The molecular weight excluding hydrogens is 302 g/mol. The molecule has 2 amide bonds. The Morgan fingerprint density at radius 2 is 1.82 bits per heavy atom. The first kappa shape index (κ1) is 18.5. The summed E-state index contributed by atoms with van der Waals surface area (Å²) in [6, 6.07) is 6.24. The normalized spacial score (nSPS) is 13.0. The summed E-state index contributed by atoms with van der Waals surface area (Å²) in [5, 5.41) is 8.75. The summed E-state index contributed by atoms with van der Waals surface area (Å²) < 4.78 is 0. The summed E-state index contributed by atoms with van der Waals surface area (Å²) in [6.07, 6.45) is 0. The van der Waals surface area contributed by atoms with E-state index in [1.165, 1.54) is 11.1 Å². The van der Waals surface area contributed by atoms with Gasteiger partial charge in [0.1, 0.15) is 0 Å². The van der Waals surface area contributed by atoms with Crippen molar-refractivity contribution in [1.82, 2.24) is 16.0 Å². The molecule has 1 heterocycles. The molecular formula is C16H24ClN3O2. The lowest BCUT2D eigenvalue weighted by atomic mass is 9.96. The minimum Gasteiger partial charge on any atom is -0.350 e. The zero-order valence-electron chi connectivity index (χ0n) is 13.3. The van der Waals surface area contributed by atoms with Crippen molar-refractivity contribution in [3.05, 3.63) is 34.9 Å². The molecule has 0 spiro atoms. The Balaban J connectivity index is 0.00000242. The zero-order chi connectivity index (χ0) is 15.5. The monoisotopic (exact) mass is 325 g/mol. The highest BCUT2D eigenvalue weighted by Crippen LogP contribution is 2.16. The number of hydrogen-bond acceptors (Lipinski definition) is 3. The molecule has 0 unspecified atom stereocenters. The summed E-state index contributed by atoms with van der Waals surface area (Å²) in [6.45, 7) is 7.76. The lowest BCUT2D eigenvalue weighted by molar-refractivity contribution is -0.131. The van der Waals surface area contributed by atoms with E-state index in [4.69, 9.17) is 0 Å². The molecule has 0 aliphatic carbocycles. The summed E-state index contributed by atoms with van der Waals surface area (Å²) >= 11 is 0. The van der Waals surface area contributed by atoms with Crippen molar-refractivity contribution in [1.29, 1.82) is 0 Å². The van der Waals surface area contributed by atoms with Gasteiger partial charge < -0.3 is 16.0 Å². The van der Waals surface area contributed by atoms with Crippen molar-refractivity contribution in [3.63, 3.8) is 0 Å². The van der Waals surface area contributed by atoms with Crippen LogP contribution in [0.3, 0.4) is 0 Å². The van der Waals surface area contributed by atoms with Crippen LogP contribution in [0.15, 0.2) is 18.2 Å². The molecule has 0 saturated carbocycles. The molecule has 0 atom stereocenters. The second kappa shape index (κ2) is 7.61. The first-order chi connectivity index (χ1) is 9.86. The average Bonchev–Trinajstić information content (AvgIpc) is 2.88. The quantitative estimate of drug-likeness (QED) is 0.785. The highest BCUT2D eigenvalue weighted by atomic mass is 35.5. The number of carbonyl (C=O) groups excluding carboxylic acids is 2. The first-order valence-electron chi connectivity index (χ1n) is 7.22. The first-order valence-corrected chi connectivity index (χ1v) is 7.22. The maximum atomic E-state index is 11.7. The van der Waals surface area contributed by atoms with Crippen molar-refractivity contribution >= 4 is 24.2 Å². The van der Waals surface area contributed by atoms with Crippen LogP contribution in [-0.2, 0) is 29.2 Å². The van der Waals surface area contributed by atoms with Gasteiger partial charge in [0, 0.05) is 25.0 Å². The molecule has 1 aliphatic rings. The third-order valence-electron chi connectivity index (χ3n) is 3.48. The minimum absolute atomic E-state index is 0. The molecule has 5 nitrogen and oxygen atoms in total. The number of carbonyl (C=O) groups is 2. The fraction of sp³-hybridized carbons (Fsp3) is 0.500. The smallest absolute Gasteiger partial charge is 0.239 e. The van der Waals surface area contributed by atoms with Crippen LogP contribution in [0.2, 0.25) is 0 Å². The van der Waals surface area contributed by atoms with E-state index in [0.29, 0.717) is 6.54 Å². The van der Waals surface area contributed by atoms with E-state index < -0.39 is 5.41 Å². The Morgan fingerprint density at radius 1 is 1.14 bits per heavy atom. The van der Waals surface area contributed by atoms with Gasteiger partial charge in [0.2, 0.25) is 11.8 Å². The molecule has 22 heavy (non-hydrogen) atoms. The molecule has 0 radical (unpaired) electrons. The van der Waals surface area contributed by atoms with Gasteiger partial charge in [-0.05, 0) is 16.7 Å². The number of amides is 2. The molecule has 1 aromatic carbocycles. The maximum Gasteiger partial charge on any atom is 0.239 e. The number of fused-ring (bicyclic) bond motifs is 1. The summed E-state index contributed by atoms with van der Waals surface area (Å²) in [5.41, 5.74) is 3.21. The predicted octanol–water partition coefficient (Wildman–Crippen LogP) is 1.49. The van der Waals surface area contributed by atoms with Crippen LogP contribution in [0.4, 0.5) is 0 Å². The molecule has 0 bridgehead atoms. The van der Waals surface area contributed by atoms with Gasteiger partial charge in [-0.15, -0.1) is 12.4 Å². The molecule has 6 heteroatoms. The maximum absolute atomic E-state index is 11.7. The van der Waals surface area contributed by atoms with Gasteiger partial charge in [0.15, 0.2) is 0 Å². The van der Waals surface area contributed by atoms with Crippen LogP contribution in [0.25, 0.3) is 0 Å². The van der Waals surface area contributed by atoms with Crippen LogP contribution in [0.1, 0.15) is 37.5 Å². The Kier molecular flexibility index (Phi) is 6.38. The second-order valence-corrected chi connectivity index (χ2v) is 6.42. The Labute approximate surface area is 137 Å². The third-order valence-corrected chi connectivity index (χ3v) is 3.48. The van der Waals surface area contributed by atoms with E-state index in [0.717, 1.165) is 18.7 Å². The Morgan fingerprint density at radius 3 is 2.50 bits per heavy atom. The van der Waals surface area contributed by atoms with Crippen LogP contribution < -0.4 is 16.0 Å². The molecule has 1 aliphatic heterocycles. The summed E-state index contributed by atoms with van der Waals surface area (Å²) in [5.74, 6) is -0.299. The predicted molar refractivity (Wildman–Crippen MR) is 88.5 cm³/mol. The van der Waals surface area contributed by atoms with Crippen molar-refractivity contribution in [3.8, 4) is 0 Å². The van der Waals surface area contributed by atoms with E-state index in [-0.39, 0.29) is 30.8 Å². The van der Waals surface area contributed by atoms with Crippen molar-refractivity contribution in [2.75, 3.05) is 6.54 Å². The molecule has 0 fully saturated rings. The number of benzene rings is 1. The standard InChI is InChI=1S/C16H23N3O2.ClH/c1-16(2,3)15(21)19-10-14(20)18-7-11-4-5-12-8-17-9-13(12)6-11;/h4-6,17H,7-10H2,1-3H3,(H,18,20)(H,19,21);1H. The van der Waals surface area contributed by atoms with E-state index in [1.807, 2.05) is 26.8 Å². The fourth-order valence-corrected chi connectivity index (χ4v) is 2.15. The van der Waals surface area contributed by atoms with Crippen LogP contribution in [-0.4, -0.2) is 18.4 Å². The number of halogens is 1. The SMILES string of the molecule is CC(C)(C)C(=O)NCC(=O)NCc1ccc2c(c1)CNC2.Cl. The molecule has 3 N–H and O–H groups in total. The van der Waals surface area contributed by atoms with Gasteiger partial charge >= 0.3 is 0 Å². The number of nitrogens with one attached hydrogen (secondary N) is 3. The van der Waals surface area contributed by atoms with E-state index >= 15 is 0 Å². The van der Waals surface area contributed by atoms with Gasteiger partial charge in [-0.3, -0.25) is 9.59 Å². The van der Waals surface area contributed by atoms with E-state index in [1.54, 1.807) is 0 Å². The summed E-state index contributed by atoms with van der Waals surface area (Å²) in [4.78, 5) is 23.4. The third kappa shape index (κ3) is 5.00. The fourth-order valence-electron chi connectivity index (χ4n) is 2.15. The Bertz CT molecular complexity index is 553. The largest absolute Gasteiger partial charge is 0.350 e. The van der Waals surface area contributed by atoms with E-state index in [9.17, 15) is 9.59 Å². The van der Waals surface area contributed by atoms with Gasteiger partial charge in [-0.25, -0.2) is 0 Å². The van der Waals surface area contributed by atoms with Crippen LogP contribution in [0, 0.1) is 5.41 Å². The second-order valence-electron chi connectivity index (χ2n) is 6.42. The van der Waals surface area contributed by atoms with Crippen LogP contribution >= 0.6 is 12.4 Å². The zero-order valence-corrected chi connectivity index (χ0v) is 14.1. The van der Waals surface area contributed by atoms with Crippen LogP contribution in [0.5, 0.6) is 0 Å². The Hall–Kier alpha value is -1.59. The number of hydrogen-bond donors (Lipinski definition) is 3.